The Kier molecular flexibility index (Phi) is 9.64. The number of aryl methyl sites for hydroxylation is 3. The second-order valence-corrected chi connectivity index (χ2v) is 25.4. The molecule has 0 aliphatic rings. The molecule has 3 aromatic heterocycles. The fraction of sp³-hybridized carbons (Fsp3) is 0.184. The van der Waals surface area contributed by atoms with Gasteiger partial charge in [-0.3, -0.25) is 0 Å². The van der Waals surface area contributed by atoms with Crippen LogP contribution in [0.15, 0.2) is 132 Å². The van der Waals surface area contributed by atoms with Crippen LogP contribution in [0, 0.1) is 32.8 Å². The molecule has 54 heavy (non-hydrogen) atoms. The first-order chi connectivity index (χ1) is 27.9. The molecule has 0 fully saturated rings. The Hall–Kier alpha value is -4.61. The molecule has 0 saturated carbocycles. The van der Waals surface area contributed by atoms with Crippen molar-refractivity contribution in [3.05, 3.63) is 162 Å². The topological polar surface area (TPSA) is 38.9 Å². The average molecular weight is 950 g/mol. The standard InChI is InChI=1S/C27H22NO.C22H24GeN.Ir/c1-17(2)20-13-14-28-25(15-20)24-6-4-5-23-22-12-11-21(16-26(22)29-27(23)24)19-9-7-18(3)8-10-19;1-16-11-12-19(14-20(16)18-9-7-6-8-10-18)22-13-17(2)21(15-24-22)23(3,4)5;/h4-5,7-17H,1-3H3;6-11,13-15H,1-5H3;/q2*-1;/i3D3;1D3;. The summed E-state index contributed by atoms with van der Waals surface area (Å²) in [4.78, 5) is 9.25. The van der Waals surface area contributed by atoms with Gasteiger partial charge in [0, 0.05) is 35.8 Å². The average Bonchev–Trinajstić information content (AvgIpc) is 3.58. The van der Waals surface area contributed by atoms with Crippen LogP contribution in [0.1, 0.15) is 50.2 Å². The van der Waals surface area contributed by atoms with Gasteiger partial charge in [-0.15, -0.1) is 18.2 Å². The van der Waals surface area contributed by atoms with E-state index in [9.17, 15) is 0 Å². The molecule has 0 unspecified atom stereocenters. The van der Waals surface area contributed by atoms with E-state index in [2.05, 4.69) is 78.3 Å². The summed E-state index contributed by atoms with van der Waals surface area (Å²) in [5.41, 5.74) is 11.5. The third kappa shape index (κ3) is 8.37. The van der Waals surface area contributed by atoms with Gasteiger partial charge in [-0.25, -0.2) is 0 Å². The molecule has 5 aromatic carbocycles. The molecule has 0 aliphatic carbocycles. The number of rotatable bonds is 6. The van der Waals surface area contributed by atoms with Gasteiger partial charge in [-0.05, 0) is 41.7 Å². The van der Waals surface area contributed by atoms with Crippen molar-refractivity contribution in [2.45, 2.75) is 57.7 Å². The Morgan fingerprint density at radius 2 is 1.50 bits per heavy atom. The minimum absolute atomic E-state index is 0. The maximum Gasteiger partial charge on any atom is 0.121 e. The fourth-order valence-electron chi connectivity index (χ4n) is 6.70. The third-order valence-corrected chi connectivity index (χ3v) is 14.1. The van der Waals surface area contributed by atoms with Gasteiger partial charge in [0.1, 0.15) is 5.58 Å². The summed E-state index contributed by atoms with van der Waals surface area (Å²) in [6.45, 7) is 2.17. The molecule has 3 heterocycles. The summed E-state index contributed by atoms with van der Waals surface area (Å²) in [6, 6.07) is 42.8. The Balaban J connectivity index is 0.000000201. The van der Waals surface area contributed by atoms with Crippen LogP contribution in [0.25, 0.3) is 66.7 Å². The number of furan rings is 1. The molecule has 3 nitrogen and oxygen atoms in total. The second-order valence-electron chi connectivity index (χ2n) is 14.8. The molecular formula is C49H46GeIrN2O-2. The van der Waals surface area contributed by atoms with Crippen molar-refractivity contribution >= 4 is 39.6 Å². The van der Waals surface area contributed by atoms with E-state index in [0.29, 0.717) is 22.6 Å². The van der Waals surface area contributed by atoms with E-state index in [4.69, 9.17) is 12.6 Å². The zero-order chi connectivity index (χ0) is 42.3. The van der Waals surface area contributed by atoms with E-state index in [1.165, 1.54) is 15.5 Å². The molecule has 0 spiro atoms. The van der Waals surface area contributed by atoms with Crippen molar-refractivity contribution < 1.29 is 32.7 Å². The van der Waals surface area contributed by atoms with Crippen LogP contribution in [0.3, 0.4) is 0 Å². The molecule has 0 bridgehead atoms. The van der Waals surface area contributed by atoms with Crippen molar-refractivity contribution in [1.82, 2.24) is 9.97 Å². The molecule has 1 radical (unpaired) electrons. The van der Waals surface area contributed by atoms with Crippen LogP contribution in [0.4, 0.5) is 0 Å². The molecule has 0 saturated heterocycles. The molecule has 8 rings (SSSR count). The van der Waals surface area contributed by atoms with E-state index in [0.717, 1.165) is 61.1 Å². The maximum atomic E-state index is 7.87. The number of hydrogen-bond donors (Lipinski definition) is 0. The van der Waals surface area contributed by atoms with Gasteiger partial charge in [0.25, 0.3) is 0 Å². The van der Waals surface area contributed by atoms with Crippen LogP contribution in [-0.4, -0.2) is 23.2 Å². The minimum Gasteiger partial charge on any atom is -0.501 e. The monoisotopic (exact) mass is 951 g/mol. The third-order valence-electron chi connectivity index (χ3n) is 9.59. The van der Waals surface area contributed by atoms with E-state index in [1.807, 2.05) is 91.3 Å². The van der Waals surface area contributed by atoms with Gasteiger partial charge < -0.3 is 9.40 Å². The van der Waals surface area contributed by atoms with Gasteiger partial charge in [0.05, 0.1) is 5.58 Å². The Morgan fingerprint density at radius 1 is 0.722 bits per heavy atom. The van der Waals surface area contributed by atoms with Crippen molar-refractivity contribution in [3.63, 3.8) is 0 Å². The summed E-state index contributed by atoms with van der Waals surface area (Å²) in [5.74, 6) is 7.48. The molecule has 0 aliphatic heterocycles. The predicted octanol–water partition coefficient (Wildman–Crippen LogP) is 12.9. The first kappa shape index (κ1) is 31.7. The number of fused-ring (bicyclic) bond motifs is 3. The predicted molar refractivity (Wildman–Crippen MR) is 226 cm³/mol. The van der Waals surface area contributed by atoms with Gasteiger partial charge in [-0.2, -0.15) is 0 Å². The summed E-state index contributed by atoms with van der Waals surface area (Å²) in [5, 5.41) is 2.05. The van der Waals surface area contributed by atoms with Crippen LogP contribution in [0.2, 0.25) is 17.3 Å². The number of aromatic nitrogens is 2. The van der Waals surface area contributed by atoms with E-state index < -0.39 is 27.0 Å². The zero-order valence-corrected chi connectivity index (χ0v) is 35.8. The van der Waals surface area contributed by atoms with E-state index >= 15 is 0 Å². The Morgan fingerprint density at radius 3 is 2.20 bits per heavy atom. The Labute approximate surface area is 345 Å². The molecule has 273 valence electrons. The zero-order valence-electron chi connectivity index (χ0n) is 37.3. The van der Waals surface area contributed by atoms with Crippen molar-refractivity contribution in [2.75, 3.05) is 0 Å². The normalized spacial score (nSPS) is 13.5. The van der Waals surface area contributed by atoms with Gasteiger partial charge >= 0.3 is 152 Å². The van der Waals surface area contributed by atoms with Crippen LogP contribution in [0.5, 0.6) is 0 Å². The molecule has 8 aromatic rings. The van der Waals surface area contributed by atoms with Crippen LogP contribution < -0.4 is 4.40 Å². The minimum atomic E-state index is -2.19. The van der Waals surface area contributed by atoms with E-state index in [1.54, 1.807) is 18.2 Å². The first-order valence-electron chi connectivity index (χ1n) is 20.9. The first-order valence-corrected chi connectivity index (χ1v) is 25.3. The molecule has 0 atom stereocenters. The van der Waals surface area contributed by atoms with E-state index in [-0.39, 0.29) is 20.1 Å². The van der Waals surface area contributed by atoms with Gasteiger partial charge in [0.15, 0.2) is 0 Å². The van der Waals surface area contributed by atoms with Crippen molar-refractivity contribution in [3.8, 4) is 44.8 Å². The fourth-order valence-corrected chi connectivity index (χ4v) is 10.3. The van der Waals surface area contributed by atoms with Crippen LogP contribution in [-0.2, 0) is 20.1 Å². The van der Waals surface area contributed by atoms with Crippen molar-refractivity contribution in [1.29, 1.82) is 0 Å². The molecular weight excluding hydrogens is 897 g/mol. The Bertz CT molecular complexity index is 2770. The molecule has 0 N–H and O–H groups in total. The van der Waals surface area contributed by atoms with Crippen LogP contribution >= 0.6 is 0 Å². The largest absolute Gasteiger partial charge is 0.501 e. The number of pyridine rings is 2. The SMILES string of the molecule is [2H]C([2H])([2H])c1c[c-]c(-c2cc(C)[c]([Ge]([CH3])([CH3])[CH3])cn2)cc1-c1ccccc1.[2H]C([2H])([2H])c1ccc(-c2ccc3c(c2)oc2c(-c4cc(C(C)C)ccn4)[c-]ccc23)cc1.[Ir]. The molecule has 0 amide bonds. The summed E-state index contributed by atoms with van der Waals surface area (Å²) in [7, 11) is 0. The number of hydrogen-bond acceptors (Lipinski definition) is 3. The summed E-state index contributed by atoms with van der Waals surface area (Å²) >= 11 is -1.96. The van der Waals surface area contributed by atoms with Gasteiger partial charge in [0.2, 0.25) is 0 Å². The number of nitrogens with zero attached hydrogens (tertiary/aromatic N) is 2. The second kappa shape index (κ2) is 16.4. The quantitative estimate of drug-likeness (QED) is 0.123. The smallest absolute Gasteiger partial charge is 0.121 e. The molecule has 5 heteroatoms. The summed E-state index contributed by atoms with van der Waals surface area (Å²) in [6.07, 6.45) is 3.83. The number of benzene rings is 5. The summed E-state index contributed by atoms with van der Waals surface area (Å²) < 4.78 is 54.0. The maximum absolute atomic E-state index is 7.87. The van der Waals surface area contributed by atoms with Crippen molar-refractivity contribution in [2.24, 2.45) is 0 Å². The van der Waals surface area contributed by atoms with Gasteiger partial charge in [-0.1, -0.05) is 78.4 Å².